The van der Waals surface area contributed by atoms with Gasteiger partial charge in [0.1, 0.15) is 4.75 Å². The Morgan fingerprint density at radius 2 is 2.05 bits per heavy atom. The summed E-state index contributed by atoms with van der Waals surface area (Å²) in [6.07, 6.45) is 0. The largest absolute Gasteiger partial charge is 0.598 e. The summed E-state index contributed by atoms with van der Waals surface area (Å²) in [5.74, 6) is 0. The van der Waals surface area contributed by atoms with E-state index in [1.54, 1.807) is 6.07 Å². The molecule has 0 radical (unpaired) electrons. The van der Waals surface area contributed by atoms with E-state index in [0.29, 0.717) is 11.1 Å². The standard InChI is InChI=1S/C14H18BrN3O2S/c1-8(18-21(20)14(2,3)4)12-11-7-9(15)5-6-10(11)13(19)17-16-12/h5-8,18H,1-4H3,(H,17,19)/t8-,21-/m1/s1. The third kappa shape index (κ3) is 3.66. The fraction of sp³-hybridized carbons (Fsp3) is 0.429. The summed E-state index contributed by atoms with van der Waals surface area (Å²) in [6, 6.07) is 5.16. The van der Waals surface area contributed by atoms with E-state index in [0.717, 1.165) is 9.86 Å². The van der Waals surface area contributed by atoms with Gasteiger partial charge in [0.25, 0.3) is 5.56 Å². The zero-order chi connectivity index (χ0) is 15.8. The molecule has 1 heterocycles. The van der Waals surface area contributed by atoms with E-state index in [1.807, 2.05) is 39.8 Å². The van der Waals surface area contributed by atoms with Crippen LogP contribution in [0.4, 0.5) is 0 Å². The predicted molar refractivity (Wildman–Crippen MR) is 89.5 cm³/mol. The van der Waals surface area contributed by atoms with Crippen molar-refractivity contribution in [1.82, 2.24) is 14.9 Å². The molecule has 2 N–H and O–H groups in total. The molecule has 0 bridgehead atoms. The molecule has 2 atom stereocenters. The Kier molecular flexibility index (Phi) is 4.77. The van der Waals surface area contributed by atoms with Crippen molar-refractivity contribution in [2.75, 3.05) is 0 Å². The van der Waals surface area contributed by atoms with Crippen LogP contribution < -0.4 is 10.3 Å². The molecular formula is C14H18BrN3O2S. The highest BCUT2D eigenvalue weighted by molar-refractivity contribution is 9.10. The van der Waals surface area contributed by atoms with Crippen molar-refractivity contribution in [2.45, 2.75) is 38.5 Å². The van der Waals surface area contributed by atoms with E-state index in [4.69, 9.17) is 0 Å². The molecule has 0 saturated carbocycles. The lowest BCUT2D eigenvalue weighted by atomic mass is 10.1. The minimum Gasteiger partial charge on any atom is -0.598 e. The SMILES string of the molecule is C[C@@H](N[S@+]([O-])C(C)(C)C)c1n[nH]c(=O)c2ccc(Br)cc12. The van der Waals surface area contributed by atoms with E-state index >= 15 is 0 Å². The molecule has 5 nitrogen and oxygen atoms in total. The average Bonchev–Trinajstić information content (AvgIpc) is 2.37. The molecule has 114 valence electrons. The maximum Gasteiger partial charge on any atom is 0.272 e. The lowest BCUT2D eigenvalue weighted by molar-refractivity contribution is 0.528. The van der Waals surface area contributed by atoms with Gasteiger partial charge in [-0.2, -0.15) is 5.10 Å². The number of halogens is 1. The Bertz CT molecular complexity index is 711. The number of hydrogen-bond acceptors (Lipinski definition) is 4. The molecule has 0 unspecified atom stereocenters. The molecule has 2 rings (SSSR count). The number of rotatable bonds is 3. The maximum absolute atomic E-state index is 12.2. The number of aromatic nitrogens is 2. The summed E-state index contributed by atoms with van der Waals surface area (Å²) in [5.41, 5.74) is 0.439. The second-order valence-electron chi connectivity index (χ2n) is 5.85. The van der Waals surface area contributed by atoms with Crippen LogP contribution in [0.25, 0.3) is 10.8 Å². The van der Waals surface area contributed by atoms with Gasteiger partial charge in [-0.25, -0.2) is 5.10 Å². The summed E-state index contributed by atoms with van der Waals surface area (Å²) in [7, 11) is 0. The van der Waals surface area contributed by atoms with Gasteiger partial charge in [0, 0.05) is 21.2 Å². The van der Waals surface area contributed by atoms with E-state index in [9.17, 15) is 9.35 Å². The predicted octanol–water partition coefficient (Wildman–Crippen LogP) is 2.80. The minimum atomic E-state index is -1.22. The van der Waals surface area contributed by atoms with Gasteiger partial charge in [0.05, 0.1) is 17.1 Å². The van der Waals surface area contributed by atoms with Crippen LogP contribution >= 0.6 is 15.9 Å². The van der Waals surface area contributed by atoms with Gasteiger partial charge in [-0.3, -0.25) is 4.79 Å². The van der Waals surface area contributed by atoms with Crippen LogP contribution in [0.2, 0.25) is 0 Å². The number of nitrogens with one attached hydrogen (secondary N) is 2. The Balaban J connectivity index is 2.44. The van der Waals surface area contributed by atoms with Crippen LogP contribution in [0.15, 0.2) is 27.5 Å². The Morgan fingerprint density at radius 3 is 2.67 bits per heavy atom. The lowest BCUT2D eigenvalue weighted by Crippen LogP contribution is -2.41. The van der Waals surface area contributed by atoms with Gasteiger partial charge < -0.3 is 4.55 Å². The van der Waals surface area contributed by atoms with Gasteiger partial charge >= 0.3 is 0 Å². The molecule has 0 amide bonds. The van der Waals surface area contributed by atoms with Crippen molar-refractivity contribution >= 4 is 38.1 Å². The third-order valence-electron chi connectivity index (χ3n) is 3.03. The highest BCUT2D eigenvalue weighted by Crippen LogP contribution is 2.25. The van der Waals surface area contributed by atoms with E-state index < -0.39 is 11.4 Å². The van der Waals surface area contributed by atoms with Gasteiger partial charge in [-0.05, 0) is 45.9 Å². The van der Waals surface area contributed by atoms with Crippen molar-refractivity contribution in [2.24, 2.45) is 0 Å². The fourth-order valence-electron chi connectivity index (χ4n) is 1.88. The van der Waals surface area contributed by atoms with Crippen molar-refractivity contribution in [3.63, 3.8) is 0 Å². The van der Waals surface area contributed by atoms with Crippen LogP contribution in [-0.2, 0) is 11.4 Å². The second-order valence-corrected chi connectivity index (χ2v) is 8.76. The number of hydrogen-bond donors (Lipinski definition) is 2. The zero-order valence-electron chi connectivity index (χ0n) is 12.4. The molecule has 0 fully saturated rings. The fourth-order valence-corrected chi connectivity index (χ4v) is 3.03. The second kappa shape index (κ2) is 6.08. The molecule has 1 aromatic heterocycles. The lowest BCUT2D eigenvalue weighted by Gasteiger charge is -2.26. The van der Waals surface area contributed by atoms with E-state index in [2.05, 4.69) is 30.8 Å². The average molecular weight is 372 g/mol. The monoisotopic (exact) mass is 371 g/mol. The van der Waals surface area contributed by atoms with Crippen LogP contribution in [0, 0.1) is 0 Å². The van der Waals surface area contributed by atoms with Crippen molar-refractivity contribution in [3.05, 3.63) is 38.7 Å². The summed E-state index contributed by atoms with van der Waals surface area (Å²) < 4.78 is 15.7. The summed E-state index contributed by atoms with van der Waals surface area (Å²) in [4.78, 5) is 11.8. The Labute approximate surface area is 135 Å². The molecule has 1 aromatic carbocycles. The first-order valence-corrected chi connectivity index (χ1v) is 8.50. The summed E-state index contributed by atoms with van der Waals surface area (Å²) in [6.45, 7) is 7.58. The van der Waals surface area contributed by atoms with Crippen molar-refractivity contribution in [1.29, 1.82) is 0 Å². The van der Waals surface area contributed by atoms with Gasteiger partial charge in [0.2, 0.25) is 0 Å². The zero-order valence-corrected chi connectivity index (χ0v) is 14.8. The molecular weight excluding hydrogens is 354 g/mol. The first kappa shape index (κ1) is 16.5. The number of aromatic amines is 1. The number of benzene rings is 1. The summed E-state index contributed by atoms with van der Waals surface area (Å²) in [5, 5.41) is 7.94. The molecule has 0 aliphatic heterocycles. The Morgan fingerprint density at radius 1 is 1.38 bits per heavy atom. The number of nitrogens with zero attached hydrogens (tertiary/aromatic N) is 1. The molecule has 7 heteroatoms. The topological polar surface area (TPSA) is 80.8 Å². The number of H-pyrrole nitrogens is 1. The smallest absolute Gasteiger partial charge is 0.272 e. The highest BCUT2D eigenvalue weighted by Gasteiger charge is 2.29. The van der Waals surface area contributed by atoms with Crippen molar-refractivity contribution < 1.29 is 4.55 Å². The van der Waals surface area contributed by atoms with Crippen molar-refractivity contribution in [3.8, 4) is 0 Å². The van der Waals surface area contributed by atoms with Crippen LogP contribution in [0.3, 0.4) is 0 Å². The van der Waals surface area contributed by atoms with E-state index in [-0.39, 0.29) is 16.3 Å². The quantitative estimate of drug-likeness (QED) is 0.812. The van der Waals surface area contributed by atoms with Crippen LogP contribution in [0.1, 0.15) is 39.4 Å². The molecule has 0 aliphatic carbocycles. The minimum absolute atomic E-state index is 0.231. The molecule has 2 aromatic rings. The Hall–Kier alpha value is -0.890. The molecule has 0 spiro atoms. The van der Waals surface area contributed by atoms with Gasteiger partial charge in [-0.1, -0.05) is 15.9 Å². The molecule has 21 heavy (non-hydrogen) atoms. The molecule has 0 aliphatic rings. The van der Waals surface area contributed by atoms with Gasteiger partial charge in [0.15, 0.2) is 0 Å². The summed E-state index contributed by atoms with van der Waals surface area (Å²) >= 11 is 2.19. The highest BCUT2D eigenvalue weighted by atomic mass is 79.9. The van der Waals surface area contributed by atoms with Gasteiger partial charge in [-0.15, -0.1) is 4.72 Å². The normalized spacial score (nSPS) is 15.1. The van der Waals surface area contributed by atoms with E-state index in [1.165, 1.54) is 0 Å². The first-order chi connectivity index (χ1) is 9.70. The maximum atomic E-state index is 12.2. The van der Waals surface area contributed by atoms with Crippen LogP contribution in [-0.4, -0.2) is 19.5 Å². The number of fused-ring (bicyclic) bond motifs is 1. The first-order valence-electron chi connectivity index (χ1n) is 6.56. The van der Waals surface area contributed by atoms with Crippen LogP contribution in [0.5, 0.6) is 0 Å². The third-order valence-corrected chi connectivity index (χ3v) is 5.20. The molecule has 0 saturated heterocycles.